The zero-order chi connectivity index (χ0) is 20.9. The molecule has 0 bridgehead atoms. The summed E-state index contributed by atoms with van der Waals surface area (Å²) >= 11 is 0. The molecule has 1 amide bonds. The fourth-order valence-electron chi connectivity index (χ4n) is 4.21. The van der Waals surface area contributed by atoms with Crippen LogP contribution in [0.4, 0.5) is 11.8 Å². The van der Waals surface area contributed by atoms with E-state index in [1.54, 1.807) is 0 Å². The highest BCUT2D eigenvalue weighted by molar-refractivity contribution is 5.73. The third-order valence-electron chi connectivity index (χ3n) is 5.84. The summed E-state index contributed by atoms with van der Waals surface area (Å²) in [6.45, 7) is 7.35. The van der Waals surface area contributed by atoms with Gasteiger partial charge in [0.15, 0.2) is 0 Å². The molecule has 2 saturated heterocycles. The van der Waals surface area contributed by atoms with Crippen molar-refractivity contribution in [2.24, 2.45) is 0 Å². The van der Waals surface area contributed by atoms with E-state index in [1.807, 2.05) is 43.5 Å². The normalized spacial score (nSPS) is 20.1. The minimum atomic E-state index is -0.0274. The lowest BCUT2D eigenvalue weighted by atomic mass is 10.1. The summed E-state index contributed by atoms with van der Waals surface area (Å²) in [4.78, 5) is 25.1. The van der Waals surface area contributed by atoms with Crippen molar-refractivity contribution in [2.75, 3.05) is 36.0 Å². The predicted molar refractivity (Wildman–Crippen MR) is 118 cm³/mol. The van der Waals surface area contributed by atoms with Gasteiger partial charge in [-0.1, -0.05) is 12.1 Å². The summed E-state index contributed by atoms with van der Waals surface area (Å²) in [6, 6.07) is 9.97. The number of hydrogen-bond acceptors (Lipinski definition) is 6. The van der Waals surface area contributed by atoms with Gasteiger partial charge in [0.05, 0.1) is 12.6 Å². The number of nitrogens with zero attached hydrogens (tertiary/aromatic N) is 4. The maximum Gasteiger partial charge on any atom is 0.227 e. The SMILES string of the molecule is CC(=O)N[C@@H](C)c1ccc(O[C@@H]2CCN(c3nccc(N4CCCCC4)n3)C2)cc1. The molecule has 1 aromatic heterocycles. The highest BCUT2D eigenvalue weighted by Gasteiger charge is 2.26. The Kier molecular flexibility index (Phi) is 6.35. The van der Waals surface area contributed by atoms with Crippen LogP contribution < -0.4 is 19.9 Å². The van der Waals surface area contributed by atoms with Gasteiger partial charge in [-0.2, -0.15) is 4.98 Å². The third-order valence-corrected chi connectivity index (χ3v) is 5.84. The van der Waals surface area contributed by atoms with Crippen molar-refractivity contribution in [1.82, 2.24) is 15.3 Å². The number of ether oxygens (including phenoxy) is 1. The zero-order valence-electron chi connectivity index (χ0n) is 17.9. The lowest BCUT2D eigenvalue weighted by Gasteiger charge is -2.28. The molecular formula is C23H31N5O2. The van der Waals surface area contributed by atoms with E-state index >= 15 is 0 Å². The summed E-state index contributed by atoms with van der Waals surface area (Å²) < 4.78 is 6.19. The van der Waals surface area contributed by atoms with Crippen molar-refractivity contribution >= 4 is 17.7 Å². The molecule has 2 aromatic rings. The smallest absolute Gasteiger partial charge is 0.227 e. The van der Waals surface area contributed by atoms with Crippen LogP contribution in [-0.4, -0.2) is 48.2 Å². The molecule has 0 saturated carbocycles. The van der Waals surface area contributed by atoms with Gasteiger partial charge in [0.25, 0.3) is 0 Å². The van der Waals surface area contributed by atoms with Gasteiger partial charge >= 0.3 is 0 Å². The Balaban J connectivity index is 1.34. The first-order valence-corrected chi connectivity index (χ1v) is 10.9. The average molecular weight is 410 g/mol. The van der Waals surface area contributed by atoms with Crippen molar-refractivity contribution in [3.63, 3.8) is 0 Å². The van der Waals surface area contributed by atoms with E-state index in [0.29, 0.717) is 0 Å². The number of carbonyl (C=O) groups is 1. The summed E-state index contributed by atoms with van der Waals surface area (Å²) in [5.41, 5.74) is 1.06. The summed E-state index contributed by atoms with van der Waals surface area (Å²) in [6.07, 6.45) is 6.72. The van der Waals surface area contributed by atoms with Crippen LogP contribution in [0.15, 0.2) is 36.5 Å². The summed E-state index contributed by atoms with van der Waals surface area (Å²) in [7, 11) is 0. The number of rotatable bonds is 6. The standard InChI is InChI=1S/C23H31N5O2/c1-17(25-18(2)29)19-6-8-20(9-7-19)30-21-11-15-28(16-21)23-24-12-10-22(26-23)27-13-4-3-5-14-27/h6-10,12,17,21H,3-5,11,13-16H2,1-2H3,(H,25,29)/t17-,21+/m0/s1. The van der Waals surface area contributed by atoms with Crippen LogP contribution in [0, 0.1) is 0 Å². The second-order valence-electron chi connectivity index (χ2n) is 8.23. The van der Waals surface area contributed by atoms with Crippen molar-refractivity contribution in [1.29, 1.82) is 0 Å². The van der Waals surface area contributed by atoms with Crippen LogP contribution in [0.2, 0.25) is 0 Å². The first-order valence-electron chi connectivity index (χ1n) is 10.9. The molecule has 1 aromatic carbocycles. The number of aromatic nitrogens is 2. The molecule has 7 heteroatoms. The monoisotopic (exact) mass is 409 g/mol. The molecule has 2 aliphatic rings. The molecule has 2 atom stereocenters. The maximum absolute atomic E-state index is 11.2. The van der Waals surface area contributed by atoms with Crippen LogP contribution in [0.3, 0.4) is 0 Å². The number of benzene rings is 1. The van der Waals surface area contributed by atoms with Gasteiger partial charge in [0, 0.05) is 39.2 Å². The summed E-state index contributed by atoms with van der Waals surface area (Å²) in [5, 5.41) is 2.90. The number of nitrogens with one attached hydrogen (secondary N) is 1. The maximum atomic E-state index is 11.2. The number of piperidine rings is 1. The molecular weight excluding hydrogens is 378 g/mol. The molecule has 4 rings (SSSR count). The highest BCUT2D eigenvalue weighted by atomic mass is 16.5. The zero-order valence-corrected chi connectivity index (χ0v) is 17.9. The van der Waals surface area contributed by atoms with Crippen LogP contribution in [0.25, 0.3) is 0 Å². The van der Waals surface area contributed by atoms with Crippen LogP contribution in [0.1, 0.15) is 51.1 Å². The average Bonchev–Trinajstić information content (AvgIpc) is 3.23. The minimum absolute atomic E-state index is 0.0112. The number of amides is 1. The van der Waals surface area contributed by atoms with Gasteiger partial charge in [-0.15, -0.1) is 0 Å². The fourth-order valence-corrected chi connectivity index (χ4v) is 4.21. The van der Waals surface area contributed by atoms with E-state index in [1.165, 1.54) is 26.2 Å². The predicted octanol–water partition coefficient (Wildman–Crippen LogP) is 3.32. The van der Waals surface area contributed by atoms with Gasteiger partial charge < -0.3 is 19.9 Å². The first kappa shape index (κ1) is 20.4. The Morgan fingerprint density at radius 1 is 1.10 bits per heavy atom. The van der Waals surface area contributed by atoms with E-state index in [9.17, 15) is 4.79 Å². The fraction of sp³-hybridized carbons (Fsp3) is 0.522. The van der Waals surface area contributed by atoms with Crippen LogP contribution in [-0.2, 0) is 4.79 Å². The molecule has 30 heavy (non-hydrogen) atoms. The van der Waals surface area contributed by atoms with E-state index in [-0.39, 0.29) is 18.1 Å². The van der Waals surface area contributed by atoms with E-state index in [4.69, 9.17) is 9.72 Å². The first-order chi connectivity index (χ1) is 14.6. The van der Waals surface area contributed by atoms with E-state index in [2.05, 4.69) is 20.1 Å². The molecule has 2 aliphatic heterocycles. The largest absolute Gasteiger partial charge is 0.489 e. The van der Waals surface area contributed by atoms with Gasteiger partial charge in [-0.3, -0.25) is 4.79 Å². The molecule has 0 aliphatic carbocycles. The van der Waals surface area contributed by atoms with Gasteiger partial charge in [-0.25, -0.2) is 4.98 Å². The van der Waals surface area contributed by atoms with Gasteiger partial charge in [-0.05, 0) is 49.9 Å². The third kappa shape index (κ3) is 5.01. The van der Waals surface area contributed by atoms with E-state index < -0.39 is 0 Å². The molecule has 1 N–H and O–H groups in total. The molecule has 7 nitrogen and oxygen atoms in total. The molecule has 160 valence electrons. The van der Waals surface area contributed by atoms with E-state index in [0.717, 1.165) is 55.7 Å². The Morgan fingerprint density at radius 3 is 2.60 bits per heavy atom. The molecule has 0 unspecified atom stereocenters. The lowest BCUT2D eigenvalue weighted by molar-refractivity contribution is -0.119. The lowest BCUT2D eigenvalue weighted by Crippen LogP contribution is -2.31. The Labute approximate surface area is 178 Å². The summed E-state index contributed by atoms with van der Waals surface area (Å²) in [5.74, 6) is 2.65. The molecule has 0 radical (unpaired) electrons. The highest BCUT2D eigenvalue weighted by Crippen LogP contribution is 2.25. The van der Waals surface area contributed by atoms with Gasteiger partial charge in [0.1, 0.15) is 17.7 Å². The van der Waals surface area contributed by atoms with Crippen molar-refractivity contribution in [2.45, 2.75) is 51.7 Å². The Hall–Kier alpha value is -2.83. The number of anilines is 2. The Bertz CT molecular complexity index is 851. The molecule has 0 spiro atoms. The van der Waals surface area contributed by atoms with Crippen molar-refractivity contribution in [3.05, 3.63) is 42.1 Å². The van der Waals surface area contributed by atoms with Crippen molar-refractivity contribution in [3.8, 4) is 5.75 Å². The Morgan fingerprint density at radius 2 is 1.87 bits per heavy atom. The second-order valence-corrected chi connectivity index (χ2v) is 8.23. The minimum Gasteiger partial charge on any atom is -0.489 e. The quantitative estimate of drug-likeness (QED) is 0.789. The molecule has 3 heterocycles. The second kappa shape index (κ2) is 9.32. The van der Waals surface area contributed by atoms with Crippen molar-refractivity contribution < 1.29 is 9.53 Å². The van der Waals surface area contributed by atoms with Gasteiger partial charge in [0.2, 0.25) is 11.9 Å². The number of hydrogen-bond donors (Lipinski definition) is 1. The van der Waals surface area contributed by atoms with Crippen LogP contribution >= 0.6 is 0 Å². The van der Waals surface area contributed by atoms with Crippen LogP contribution in [0.5, 0.6) is 5.75 Å². The molecule has 2 fully saturated rings. The number of carbonyl (C=O) groups excluding carboxylic acids is 1. The topological polar surface area (TPSA) is 70.6 Å².